The molecule has 0 saturated carbocycles. The highest BCUT2D eigenvalue weighted by Crippen LogP contribution is 2.30. The van der Waals surface area contributed by atoms with Gasteiger partial charge < -0.3 is 26.2 Å². The fraction of sp³-hybridized carbons (Fsp3) is 0.621. The van der Waals surface area contributed by atoms with E-state index in [0.29, 0.717) is 36.2 Å². The molecule has 220 valence electrons. The summed E-state index contributed by atoms with van der Waals surface area (Å²) in [6.07, 6.45) is 6.97. The van der Waals surface area contributed by atoms with Gasteiger partial charge in [-0.25, -0.2) is 13.1 Å². The van der Waals surface area contributed by atoms with E-state index in [0.717, 1.165) is 82.3 Å². The van der Waals surface area contributed by atoms with Crippen LogP contribution in [0.4, 0.5) is 5.69 Å². The topological polar surface area (TPSA) is 120 Å². The number of hydrogen-bond acceptors (Lipinski definition) is 7. The Morgan fingerprint density at radius 2 is 1.49 bits per heavy atom. The van der Waals surface area contributed by atoms with Crippen LogP contribution in [-0.4, -0.2) is 86.2 Å². The molecule has 2 aromatic carbocycles. The molecule has 0 bridgehead atoms. The second-order valence-electron chi connectivity index (χ2n) is 10.3. The summed E-state index contributed by atoms with van der Waals surface area (Å²) in [5.74, 6) is 0.0641. The molecule has 10 heteroatoms. The normalized spacial score (nSPS) is 11.8. The number of anilines is 1. The molecule has 39 heavy (non-hydrogen) atoms. The van der Waals surface area contributed by atoms with E-state index in [9.17, 15) is 13.2 Å². The van der Waals surface area contributed by atoms with E-state index in [1.54, 1.807) is 12.1 Å². The highest BCUT2D eigenvalue weighted by molar-refractivity contribution is 7.89. The van der Waals surface area contributed by atoms with Crippen LogP contribution >= 0.6 is 0 Å². The minimum Gasteiger partial charge on any atom is -0.377 e. The Morgan fingerprint density at radius 3 is 2.26 bits per heavy atom. The molecular weight excluding hydrogens is 512 g/mol. The number of fused-ring (bicyclic) bond motifs is 1. The minimum absolute atomic E-state index is 0.0641. The quantitative estimate of drug-likeness (QED) is 0.173. The SMILES string of the molecule is CN(CCCCNCCCN)CCCNC(=O)CCCCCNS(=O)(=O)c1cccc2c(N(C)C)cccc12. The first-order valence-electron chi connectivity index (χ1n) is 14.3. The molecule has 0 saturated heterocycles. The van der Waals surface area contributed by atoms with Gasteiger partial charge in [0.2, 0.25) is 15.9 Å². The number of unbranched alkanes of at least 4 members (excludes halogenated alkanes) is 3. The average Bonchev–Trinajstić information content (AvgIpc) is 2.91. The summed E-state index contributed by atoms with van der Waals surface area (Å²) >= 11 is 0. The van der Waals surface area contributed by atoms with Gasteiger partial charge in [-0.15, -0.1) is 0 Å². The van der Waals surface area contributed by atoms with Crippen LogP contribution < -0.4 is 26.0 Å². The third-order valence-corrected chi connectivity index (χ3v) is 8.26. The van der Waals surface area contributed by atoms with Gasteiger partial charge in [-0.05, 0) is 90.4 Å². The Balaban J connectivity index is 1.57. The van der Waals surface area contributed by atoms with Crippen LogP contribution in [0.2, 0.25) is 0 Å². The summed E-state index contributed by atoms with van der Waals surface area (Å²) < 4.78 is 28.7. The van der Waals surface area contributed by atoms with Crippen molar-refractivity contribution in [3.05, 3.63) is 36.4 Å². The second-order valence-corrected chi connectivity index (χ2v) is 12.1. The smallest absolute Gasteiger partial charge is 0.241 e. The maximum absolute atomic E-state index is 13.0. The maximum Gasteiger partial charge on any atom is 0.241 e. The molecule has 0 aromatic heterocycles. The number of carbonyl (C=O) groups is 1. The molecule has 0 aliphatic carbocycles. The fourth-order valence-corrected chi connectivity index (χ4v) is 5.82. The molecule has 2 rings (SSSR count). The molecule has 0 fully saturated rings. The first-order chi connectivity index (χ1) is 18.8. The third-order valence-electron chi connectivity index (χ3n) is 6.74. The summed E-state index contributed by atoms with van der Waals surface area (Å²) in [5, 5.41) is 8.02. The van der Waals surface area contributed by atoms with Gasteiger partial charge in [0.05, 0.1) is 4.90 Å². The molecule has 0 radical (unpaired) electrons. The van der Waals surface area contributed by atoms with Gasteiger partial charge in [-0.2, -0.15) is 0 Å². The summed E-state index contributed by atoms with van der Waals surface area (Å²) in [4.78, 5) is 16.7. The Labute approximate surface area is 235 Å². The van der Waals surface area contributed by atoms with E-state index < -0.39 is 10.0 Å². The number of nitrogens with zero attached hydrogens (tertiary/aromatic N) is 2. The first kappa shape index (κ1) is 33.0. The Bertz CT molecular complexity index is 1090. The van der Waals surface area contributed by atoms with Gasteiger partial charge in [0, 0.05) is 50.1 Å². The number of amides is 1. The predicted octanol–water partition coefficient (Wildman–Crippen LogP) is 2.90. The molecule has 1 amide bonds. The fourth-order valence-electron chi connectivity index (χ4n) is 4.52. The largest absolute Gasteiger partial charge is 0.377 e. The molecule has 0 aliphatic heterocycles. The van der Waals surface area contributed by atoms with Crippen LogP contribution in [0.3, 0.4) is 0 Å². The standard InChI is InChI=1S/C29H50N6O3S/c1-34(2)27-15-9-14-26-25(27)13-10-16-28(26)39(37,38)33-22-6-4-5-17-29(36)32-21-12-24-35(3)23-8-7-19-31-20-11-18-30/h9-10,13-16,31,33H,4-8,11-12,17-24,30H2,1-3H3,(H,32,36). The summed E-state index contributed by atoms with van der Waals surface area (Å²) in [7, 11) is 2.39. The minimum atomic E-state index is -3.63. The molecule has 9 nitrogen and oxygen atoms in total. The molecule has 0 spiro atoms. The molecular formula is C29H50N6O3S. The van der Waals surface area contributed by atoms with Crippen LogP contribution in [-0.2, 0) is 14.8 Å². The van der Waals surface area contributed by atoms with Crippen molar-refractivity contribution in [2.75, 3.05) is 71.9 Å². The number of nitrogens with one attached hydrogen (secondary N) is 3. The Kier molecular flexibility index (Phi) is 15.4. The lowest BCUT2D eigenvalue weighted by Crippen LogP contribution is -2.29. The van der Waals surface area contributed by atoms with Crippen molar-refractivity contribution in [3.63, 3.8) is 0 Å². The van der Waals surface area contributed by atoms with Crippen molar-refractivity contribution in [2.24, 2.45) is 5.73 Å². The Hall–Kier alpha value is -2.24. The van der Waals surface area contributed by atoms with Gasteiger partial charge in [-0.3, -0.25) is 4.79 Å². The first-order valence-corrected chi connectivity index (χ1v) is 15.8. The van der Waals surface area contributed by atoms with Crippen molar-refractivity contribution >= 4 is 32.4 Å². The van der Waals surface area contributed by atoms with E-state index in [2.05, 4.69) is 27.3 Å². The van der Waals surface area contributed by atoms with Crippen LogP contribution in [0.25, 0.3) is 10.8 Å². The van der Waals surface area contributed by atoms with Crippen LogP contribution in [0.1, 0.15) is 51.4 Å². The van der Waals surface area contributed by atoms with Crippen molar-refractivity contribution in [2.45, 2.75) is 56.3 Å². The predicted molar refractivity (Wildman–Crippen MR) is 163 cm³/mol. The van der Waals surface area contributed by atoms with E-state index in [-0.39, 0.29) is 5.91 Å². The van der Waals surface area contributed by atoms with Gasteiger partial charge in [0.25, 0.3) is 0 Å². The zero-order valence-corrected chi connectivity index (χ0v) is 25.0. The maximum atomic E-state index is 13.0. The van der Waals surface area contributed by atoms with Crippen molar-refractivity contribution in [1.82, 2.24) is 20.3 Å². The van der Waals surface area contributed by atoms with Crippen LogP contribution in [0, 0.1) is 0 Å². The Morgan fingerprint density at radius 1 is 0.795 bits per heavy atom. The lowest BCUT2D eigenvalue weighted by molar-refractivity contribution is -0.121. The van der Waals surface area contributed by atoms with E-state index >= 15 is 0 Å². The number of sulfonamides is 1. The monoisotopic (exact) mass is 562 g/mol. The van der Waals surface area contributed by atoms with Crippen molar-refractivity contribution < 1.29 is 13.2 Å². The van der Waals surface area contributed by atoms with Crippen LogP contribution in [0.5, 0.6) is 0 Å². The molecule has 0 aliphatic rings. The van der Waals surface area contributed by atoms with Crippen molar-refractivity contribution in [1.29, 1.82) is 0 Å². The van der Waals surface area contributed by atoms with Gasteiger partial charge in [0.15, 0.2) is 0 Å². The number of rotatable bonds is 21. The highest BCUT2D eigenvalue weighted by Gasteiger charge is 2.18. The molecule has 5 N–H and O–H groups in total. The van der Waals surface area contributed by atoms with Gasteiger partial charge in [0.1, 0.15) is 0 Å². The highest BCUT2D eigenvalue weighted by atomic mass is 32.2. The van der Waals surface area contributed by atoms with Crippen LogP contribution in [0.15, 0.2) is 41.3 Å². The summed E-state index contributed by atoms with van der Waals surface area (Å²) in [5.41, 5.74) is 6.46. The number of hydrogen-bond donors (Lipinski definition) is 4. The number of nitrogens with two attached hydrogens (primary N) is 1. The zero-order valence-electron chi connectivity index (χ0n) is 24.2. The number of carbonyl (C=O) groups excluding carboxylic acids is 1. The molecule has 0 atom stereocenters. The van der Waals surface area contributed by atoms with E-state index in [1.165, 1.54) is 0 Å². The zero-order chi connectivity index (χ0) is 28.5. The van der Waals surface area contributed by atoms with Gasteiger partial charge >= 0.3 is 0 Å². The average molecular weight is 563 g/mol. The van der Waals surface area contributed by atoms with E-state index in [4.69, 9.17) is 5.73 Å². The second kappa shape index (κ2) is 18.2. The molecule has 2 aromatic rings. The number of benzene rings is 2. The summed E-state index contributed by atoms with van der Waals surface area (Å²) in [6.45, 7) is 5.84. The summed E-state index contributed by atoms with van der Waals surface area (Å²) in [6, 6.07) is 11.1. The molecule has 0 heterocycles. The lowest BCUT2D eigenvalue weighted by atomic mass is 10.1. The van der Waals surface area contributed by atoms with Crippen molar-refractivity contribution in [3.8, 4) is 0 Å². The third kappa shape index (κ3) is 12.2. The van der Waals surface area contributed by atoms with Gasteiger partial charge in [-0.1, -0.05) is 30.7 Å². The molecule has 0 unspecified atom stereocenters. The van der Waals surface area contributed by atoms with E-state index in [1.807, 2.05) is 43.3 Å². The lowest BCUT2D eigenvalue weighted by Gasteiger charge is -2.17.